The lowest BCUT2D eigenvalue weighted by molar-refractivity contribution is -0.143. The number of nitrogens with zero attached hydrogens (tertiary/aromatic N) is 5. The van der Waals surface area contributed by atoms with E-state index < -0.39 is 40.4 Å². The molecule has 1 N–H and O–H groups in total. The zero-order valence-corrected chi connectivity index (χ0v) is 19.1. The van der Waals surface area contributed by atoms with Gasteiger partial charge in [-0.3, -0.25) is 13.9 Å². The highest BCUT2D eigenvalue weighted by molar-refractivity contribution is 5.77. The zero-order chi connectivity index (χ0) is 26.4. The van der Waals surface area contributed by atoms with E-state index in [1.54, 1.807) is 11.8 Å². The number of rotatable bonds is 3. The first-order chi connectivity index (χ1) is 16.8. The second-order valence-corrected chi connectivity index (χ2v) is 8.08. The topological polar surface area (TPSA) is 77.1 Å². The molecule has 2 aromatic heterocycles. The lowest BCUT2D eigenvalue weighted by atomic mass is 10.1. The van der Waals surface area contributed by atoms with Gasteiger partial charge in [0.25, 0.3) is 5.56 Å². The van der Waals surface area contributed by atoms with Crippen LogP contribution in [0, 0.1) is 11.8 Å². The highest BCUT2D eigenvalue weighted by Gasteiger charge is 2.37. The van der Waals surface area contributed by atoms with E-state index in [0.717, 1.165) is 7.05 Å². The van der Waals surface area contributed by atoms with Gasteiger partial charge in [-0.05, 0) is 25.1 Å². The number of anilines is 1. The maximum atomic E-state index is 13.5. The van der Waals surface area contributed by atoms with Crippen molar-refractivity contribution >= 4 is 17.1 Å². The summed E-state index contributed by atoms with van der Waals surface area (Å²) in [5.74, 6) is 5.71. The molecule has 36 heavy (non-hydrogen) atoms. The SMILES string of the molecule is CC#CCn1c(N2CCNCC2)nc2c1c(=O)n(C)c(=O)n2-c1cc(C(F)(F)F)cc(C(F)(F)F)c1. The van der Waals surface area contributed by atoms with Crippen molar-refractivity contribution in [2.45, 2.75) is 25.8 Å². The number of piperazine rings is 1. The van der Waals surface area contributed by atoms with Crippen LogP contribution < -0.4 is 21.5 Å². The Kier molecular flexibility index (Phi) is 6.38. The summed E-state index contributed by atoms with van der Waals surface area (Å²) in [7, 11) is 1.09. The summed E-state index contributed by atoms with van der Waals surface area (Å²) in [4.78, 5) is 32.4. The maximum absolute atomic E-state index is 13.5. The number of hydrogen-bond acceptors (Lipinski definition) is 5. The van der Waals surface area contributed by atoms with Crippen molar-refractivity contribution < 1.29 is 26.3 Å². The van der Waals surface area contributed by atoms with Crippen molar-refractivity contribution in [2.75, 3.05) is 31.1 Å². The summed E-state index contributed by atoms with van der Waals surface area (Å²) >= 11 is 0. The molecule has 1 aromatic carbocycles. The van der Waals surface area contributed by atoms with Crippen LogP contribution in [0.5, 0.6) is 0 Å². The fourth-order valence-electron chi connectivity index (χ4n) is 4.00. The molecule has 0 amide bonds. The van der Waals surface area contributed by atoms with Crippen LogP contribution in [-0.2, 0) is 25.9 Å². The third-order valence-corrected chi connectivity index (χ3v) is 5.77. The Balaban J connectivity index is 2.12. The van der Waals surface area contributed by atoms with Gasteiger partial charge in [0.2, 0.25) is 5.95 Å². The van der Waals surface area contributed by atoms with E-state index >= 15 is 0 Å². The number of imidazole rings is 1. The van der Waals surface area contributed by atoms with Crippen molar-refractivity contribution in [1.82, 2.24) is 24.0 Å². The molecule has 3 aromatic rings. The number of benzene rings is 1. The Hall–Kier alpha value is -3.73. The molecule has 1 aliphatic rings. The van der Waals surface area contributed by atoms with Crippen LogP contribution in [0.25, 0.3) is 16.9 Å². The quantitative estimate of drug-likeness (QED) is 0.429. The average molecular weight is 514 g/mol. The minimum absolute atomic E-state index is 0.0316. The molecule has 4 rings (SSSR count). The summed E-state index contributed by atoms with van der Waals surface area (Å²) in [5.41, 5.74) is -6.39. The molecule has 0 unspecified atom stereocenters. The Morgan fingerprint density at radius 2 is 1.58 bits per heavy atom. The summed E-state index contributed by atoms with van der Waals surface area (Å²) in [6.45, 7) is 3.63. The third-order valence-electron chi connectivity index (χ3n) is 5.77. The van der Waals surface area contributed by atoms with Gasteiger partial charge in [-0.25, -0.2) is 9.36 Å². The van der Waals surface area contributed by atoms with Gasteiger partial charge >= 0.3 is 18.0 Å². The largest absolute Gasteiger partial charge is 0.416 e. The van der Waals surface area contributed by atoms with Gasteiger partial charge in [0, 0.05) is 33.2 Å². The number of aromatic nitrogens is 4. The van der Waals surface area contributed by atoms with E-state index in [4.69, 9.17) is 0 Å². The summed E-state index contributed by atoms with van der Waals surface area (Å²) in [5, 5.41) is 3.15. The minimum atomic E-state index is -5.12. The Morgan fingerprint density at radius 1 is 1.00 bits per heavy atom. The third kappa shape index (κ3) is 4.46. The van der Waals surface area contributed by atoms with Gasteiger partial charge in [-0.2, -0.15) is 31.3 Å². The zero-order valence-electron chi connectivity index (χ0n) is 19.1. The van der Waals surface area contributed by atoms with Gasteiger partial charge in [0.15, 0.2) is 11.2 Å². The summed E-state index contributed by atoms with van der Waals surface area (Å²) < 4.78 is 83.7. The van der Waals surface area contributed by atoms with E-state index in [9.17, 15) is 35.9 Å². The van der Waals surface area contributed by atoms with Crippen LogP contribution in [0.4, 0.5) is 32.3 Å². The molecule has 0 aliphatic carbocycles. The highest BCUT2D eigenvalue weighted by Crippen LogP contribution is 2.37. The van der Waals surface area contributed by atoms with Crippen molar-refractivity contribution in [1.29, 1.82) is 0 Å². The first-order valence-electron chi connectivity index (χ1n) is 10.7. The monoisotopic (exact) mass is 514 g/mol. The summed E-state index contributed by atoms with van der Waals surface area (Å²) in [6.07, 6.45) is -10.2. The van der Waals surface area contributed by atoms with E-state index in [2.05, 4.69) is 22.1 Å². The Labute approximate surface area is 199 Å². The number of nitrogens with one attached hydrogen (secondary N) is 1. The van der Waals surface area contributed by atoms with Crippen molar-refractivity contribution in [2.24, 2.45) is 7.05 Å². The molecule has 3 heterocycles. The first-order valence-corrected chi connectivity index (χ1v) is 10.7. The van der Waals surface area contributed by atoms with Crippen LogP contribution in [0.2, 0.25) is 0 Å². The molecule has 14 heteroatoms. The standard InChI is InChI=1S/C22H20F6N6O2/c1-3-4-7-33-16-17(30-19(33)32-8-5-29-6-9-32)34(20(36)31(2)18(16)35)15-11-13(21(23,24)25)10-14(12-15)22(26,27)28/h10-12,29H,5-9H2,1-2H3. The van der Waals surface area contributed by atoms with Gasteiger partial charge in [0.1, 0.15) is 0 Å². The fraction of sp³-hybridized carbons (Fsp3) is 0.409. The van der Waals surface area contributed by atoms with E-state index in [1.165, 1.54) is 4.57 Å². The molecular formula is C22H20F6N6O2. The molecule has 0 atom stereocenters. The molecule has 0 bridgehead atoms. The molecule has 1 fully saturated rings. The van der Waals surface area contributed by atoms with Crippen LogP contribution in [0.3, 0.4) is 0 Å². The Bertz CT molecular complexity index is 1460. The van der Waals surface area contributed by atoms with E-state index in [-0.39, 0.29) is 29.7 Å². The van der Waals surface area contributed by atoms with Crippen molar-refractivity contribution in [3.05, 3.63) is 50.2 Å². The molecule has 1 saturated heterocycles. The lowest BCUT2D eigenvalue weighted by Crippen LogP contribution is -2.44. The molecule has 192 valence electrons. The molecule has 8 nitrogen and oxygen atoms in total. The minimum Gasteiger partial charge on any atom is -0.340 e. The normalized spacial score (nSPS) is 14.7. The molecule has 0 saturated carbocycles. The second kappa shape index (κ2) is 9.05. The molecule has 1 aliphatic heterocycles. The van der Waals surface area contributed by atoms with Crippen molar-refractivity contribution in [3.8, 4) is 17.5 Å². The number of halogens is 6. The molecular weight excluding hydrogens is 494 g/mol. The Morgan fingerprint density at radius 3 is 2.11 bits per heavy atom. The first kappa shape index (κ1) is 25.4. The highest BCUT2D eigenvalue weighted by atomic mass is 19.4. The van der Waals surface area contributed by atoms with Gasteiger partial charge in [-0.1, -0.05) is 5.92 Å². The van der Waals surface area contributed by atoms with Crippen LogP contribution in [0.1, 0.15) is 18.1 Å². The van der Waals surface area contributed by atoms with Crippen LogP contribution in [-0.4, -0.2) is 44.9 Å². The number of alkyl halides is 6. The van der Waals surface area contributed by atoms with E-state index in [1.807, 2.05) is 0 Å². The van der Waals surface area contributed by atoms with Crippen molar-refractivity contribution in [3.63, 3.8) is 0 Å². The second-order valence-electron chi connectivity index (χ2n) is 8.08. The smallest absolute Gasteiger partial charge is 0.340 e. The fourth-order valence-corrected chi connectivity index (χ4v) is 4.00. The predicted molar refractivity (Wildman–Crippen MR) is 119 cm³/mol. The van der Waals surface area contributed by atoms with E-state index in [0.29, 0.717) is 47.4 Å². The maximum Gasteiger partial charge on any atom is 0.416 e. The van der Waals surface area contributed by atoms with Crippen LogP contribution >= 0.6 is 0 Å². The molecule has 0 spiro atoms. The molecule has 0 radical (unpaired) electrons. The average Bonchev–Trinajstić information content (AvgIpc) is 3.19. The number of hydrogen-bond donors (Lipinski definition) is 1. The summed E-state index contributed by atoms with van der Waals surface area (Å²) in [6, 6.07) is 0.821. The predicted octanol–water partition coefficient (Wildman–Crippen LogP) is 2.36. The lowest BCUT2D eigenvalue weighted by Gasteiger charge is -2.28. The number of fused-ring (bicyclic) bond motifs is 1. The van der Waals surface area contributed by atoms with Gasteiger partial charge < -0.3 is 10.2 Å². The van der Waals surface area contributed by atoms with Gasteiger partial charge in [0.05, 0.1) is 23.4 Å². The van der Waals surface area contributed by atoms with Crippen LogP contribution in [0.15, 0.2) is 27.8 Å². The van der Waals surface area contributed by atoms with Gasteiger partial charge in [-0.15, -0.1) is 5.92 Å².